The molecule has 0 aliphatic carbocycles. The molecule has 0 bridgehead atoms. The summed E-state index contributed by atoms with van der Waals surface area (Å²) in [5.74, 6) is -1.95. The summed E-state index contributed by atoms with van der Waals surface area (Å²) < 4.78 is 10.7. The Morgan fingerprint density at radius 3 is 2.24 bits per heavy atom. The van der Waals surface area contributed by atoms with Crippen molar-refractivity contribution in [2.75, 3.05) is 27.3 Å². The van der Waals surface area contributed by atoms with Gasteiger partial charge in [0.2, 0.25) is 5.91 Å². The van der Waals surface area contributed by atoms with Crippen molar-refractivity contribution >= 4 is 17.8 Å². The lowest BCUT2D eigenvalue weighted by molar-refractivity contribution is -0.159. The van der Waals surface area contributed by atoms with Crippen LogP contribution in [0.3, 0.4) is 0 Å². The second-order valence-corrected chi connectivity index (χ2v) is 7.39. The SMILES string of the molecule is COc1ccc(CN2CCC(C(=O)NCc3ccccn3)CC2)cc1OC.O=C(O)C(=O)O. The molecule has 10 nitrogen and oxygen atoms in total. The Bertz CT molecular complexity index is 917. The normalized spacial score (nSPS) is 13.9. The van der Waals surface area contributed by atoms with Gasteiger partial charge in [0.05, 0.1) is 26.5 Å². The first-order chi connectivity index (χ1) is 15.8. The van der Waals surface area contributed by atoms with Crippen LogP contribution in [0.4, 0.5) is 0 Å². The number of methoxy groups -OCH3 is 2. The Morgan fingerprint density at radius 1 is 1.03 bits per heavy atom. The zero-order valence-corrected chi connectivity index (χ0v) is 18.7. The number of hydrogen-bond acceptors (Lipinski definition) is 7. The molecule has 1 aliphatic heterocycles. The van der Waals surface area contributed by atoms with Crippen molar-refractivity contribution in [2.24, 2.45) is 5.92 Å². The molecule has 0 unspecified atom stereocenters. The lowest BCUT2D eigenvalue weighted by Crippen LogP contribution is -2.40. The van der Waals surface area contributed by atoms with Crippen molar-refractivity contribution in [1.29, 1.82) is 0 Å². The molecular formula is C23H29N3O7. The zero-order chi connectivity index (χ0) is 24.2. The minimum atomic E-state index is -1.82. The fourth-order valence-electron chi connectivity index (χ4n) is 3.42. The highest BCUT2D eigenvalue weighted by atomic mass is 16.5. The monoisotopic (exact) mass is 459 g/mol. The van der Waals surface area contributed by atoms with Crippen LogP contribution < -0.4 is 14.8 Å². The number of aromatic nitrogens is 1. The predicted molar refractivity (Wildman–Crippen MR) is 119 cm³/mol. The Balaban J connectivity index is 0.000000569. The number of carboxylic acid groups (broad SMARTS) is 2. The summed E-state index contributed by atoms with van der Waals surface area (Å²) in [6.45, 7) is 3.17. The molecular weight excluding hydrogens is 430 g/mol. The van der Waals surface area contributed by atoms with Crippen molar-refractivity contribution in [3.05, 3.63) is 53.9 Å². The quantitative estimate of drug-likeness (QED) is 0.529. The van der Waals surface area contributed by atoms with Crippen molar-refractivity contribution in [3.63, 3.8) is 0 Å². The average molecular weight is 459 g/mol. The van der Waals surface area contributed by atoms with E-state index in [4.69, 9.17) is 29.3 Å². The van der Waals surface area contributed by atoms with Crippen molar-refractivity contribution < 1.29 is 34.1 Å². The number of ether oxygens (including phenoxy) is 2. The number of piperidine rings is 1. The van der Waals surface area contributed by atoms with E-state index in [1.807, 2.05) is 30.3 Å². The molecule has 0 atom stereocenters. The molecule has 1 aliphatic rings. The van der Waals surface area contributed by atoms with E-state index in [1.54, 1.807) is 20.4 Å². The lowest BCUT2D eigenvalue weighted by Gasteiger charge is -2.31. The smallest absolute Gasteiger partial charge is 0.414 e. The fourth-order valence-corrected chi connectivity index (χ4v) is 3.42. The van der Waals surface area contributed by atoms with E-state index in [0.717, 1.165) is 49.7 Å². The van der Waals surface area contributed by atoms with Crippen LogP contribution in [-0.4, -0.2) is 65.3 Å². The zero-order valence-electron chi connectivity index (χ0n) is 18.7. The summed E-state index contributed by atoms with van der Waals surface area (Å²) in [5.41, 5.74) is 2.07. The largest absolute Gasteiger partial charge is 0.493 e. The average Bonchev–Trinajstić information content (AvgIpc) is 2.84. The third-order valence-corrected chi connectivity index (χ3v) is 5.17. The summed E-state index contributed by atoms with van der Waals surface area (Å²) in [5, 5.41) is 17.8. The van der Waals surface area contributed by atoms with E-state index >= 15 is 0 Å². The van der Waals surface area contributed by atoms with Gasteiger partial charge in [0.1, 0.15) is 0 Å². The molecule has 10 heteroatoms. The number of likely N-dealkylation sites (tertiary alicyclic amines) is 1. The first-order valence-corrected chi connectivity index (χ1v) is 10.4. The molecule has 0 radical (unpaired) electrons. The van der Waals surface area contributed by atoms with Crippen molar-refractivity contribution in [2.45, 2.75) is 25.9 Å². The molecule has 2 aromatic rings. The number of nitrogens with zero attached hydrogens (tertiary/aromatic N) is 2. The standard InChI is InChI=1S/C21H27N3O3.C2H2O4/c1-26-19-7-6-16(13-20(19)27-2)15-24-11-8-17(9-12-24)21(25)23-14-18-5-3-4-10-22-18;3-1(4)2(5)6/h3-7,10,13,17H,8-9,11-12,14-15H2,1-2H3,(H,23,25);(H,3,4)(H,5,6). The van der Waals surface area contributed by atoms with Gasteiger partial charge in [-0.2, -0.15) is 0 Å². The van der Waals surface area contributed by atoms with Crippen LogP contribution in [0.25, 0.3) is 0 Å². The molecule has 1 aromatic carbocycles. The topological polar surface area (TPSA) is 138 Å². The summed E-state index contributed by atoms with van der Waals surface area (Å²) >= 11 is 0. The molecule has 0 spiro atoms. The number of rotatable bonds is 7. The number of carboxylic acids is 2. The molecule has 3 rings (SSSR count). The van der Waals surface area contributed by atoms with Gasteiger partial charge in [-0.15, -0.1) is 0 Å². The Labute approximate surface area is 192 Å². The molecule has 178 valence electrons. The van der Waals surface area contributed by atoms with Crippen LogP contribution in [-0.2, 0) is 27.5 Å². The number of aliphatic carboxylic acids is 2. The van der Waals surface area contributed by atoms with E-state index < -0.39 is 11.9 Å². The molecule has 33 heavy (non-hydrogen) atoms. The number of carbonyl (C=O) groups is 3. The maximum Gasteiger partial charge on any atom is 0.414 e. The van der Waals surface area contributed by atoms with E-state index in [0.29, 0.717) is 6.54 Å². The minimum absolute atomic E-state index is 0.0790. The first-order valence-electron chi connectivity index (χ1n) is 10.4. The van der Waals surface area contributed by atoms with Crippen LogP contribution in [0.15, 0.2) is 42.6 Å². The van der Waals surface area contributed by atoms with Crippen LogP contribution in [0.1, 0.15) is 24.1 Å². The second kappa shape index (κ2) is 13.0. The van der Waals surface area contributed by atoms with Crippen LogP contribution >= 0.6 is 0 Å². The summed E-state index contributed by atoms with van der Waals surface area (Å²) in [7, 11) is 3.29. The molecule has 2 heterocycles. The van der Waals surface area contributed by atoms with E-state index in [9.17, 15) is 4.79 Å². The second-order valence-electron chi connectivity index (χ2n) is 7.39. The highest BCUT2D eigenvalue weighted by Gasteiger charge is 2.25. The van der Waals surface area contributed by atoms with E-state index in [-0.39, 0.29) is 11.8 Å². The summed E-state index contributed by atoms with van der Waals surface area (Å²) in [6, 6.07) is 11.7. The third-order valence-electron chi connectivity index (χ3n) is 5.17. The number of nitrogens with one attached hydrogen (secondary N) is 1. The maximum atomic E-state index is 12.4. The lowest BCUT2D eigenvalue weighted by atomic mass is 9.95. The predicted octanol–water partition coefficient (Wildman–Crippen LogP) is 1.78. The minimum Gasteiger partial charge on any atom is -0.493 e. The molecule has 3 N–H and O–H groups in total. The number of benzene rings is 1. The number of carbonyl (C=O) groups excluding carboxylic acids is 1. The molecule has 1 fully saturated rings. The van der Waals surface area contributed by atoms with Gasteiger partial charge in [-0.05, 0) is 55.8 Å². The van der Waals surface area contributed by atoms with Gasteiger partial charge in [0.15, 0.2) is 11.5 Å². The van der Waals surface area contributed by atoms with Crippen molar-refractivity contribution in [3.8, 4) is 11.5 Å². The molecule has 1 saturated heterocycles. The molecule has 0 saturated carbocycles. The van der Waals surface area contributed by atoms with Gasteiger partial charge in [-0.25, -0.2) is 9.59 Å². The Morgan fingerprint density at radius 2 is 1.70 bits per heavy atom. The summed E-state index contributed by atoms with van der Waals surface area (Å²) in [4.78, 5) is 37.2. The maximum absolute atomic E-state index is 12.4. The van der Waals surface area contributed by atoms with Crippen LogP contribution in [0.2, 0.25) is 0 Å². The van der Waals surface area contributed by atoms with Gasteiger partial charge in [0.25, 0.3) is 0 Å². The van der Waals surface area contributed by atoms with Crippen LogP contribution in [0.5, 0.6) is 11.5 Å². The fraction of sp³-hybridized carbons (Fsp3) is 0.391. The van der Waals surface area contributed by atoms with Gasteiger partial charge in [0, 0.05) is 18.7 Å². The third kappa shape index (κ3) is 8.41. The summed E-state index contributed by atoms with van der Waals surface area (Å²) in [6.07, 6.45) is 3.50. The highest BCUT2D eigenvalue weighted by Crippen LogP contribution is 2.28. The van der Waals surface area contributed by atoms with Gasteiger partial charge in [-0.3, -0.25) is 14.7 Å². The van der Waals surface area contributed by atoms with Gasteiger partial charge in [-0.1, -0.05) is 12.1 Å². The van der Waals surface area contributed by atoms with Crippen LogP contribution in [0, 0.1) is 5.92 Å². The number of pyridine rings is 1. The van der Waals surface area contributed by atoms with E-state index in [1.165, 1.54) is 5.56 Å². The molecule has 1 aromatic heterocycles. The number of amides is 1. The number of hydrogen-bond donors (Lipinski definition) is 3. The highest BCUT2D eigenvalue weighted by molar-refractivity contribution is 6.27. The Kier molecular flexibility index (Phi) is 10.1. The van der Waals surface area contributed by atoms with Crippen molar-refractivity contribution in [1.82, 2.24) is 15.2 Å². The first kappa shape index (κ1) is 25.6. The Hall–Kier alpha value is -3.66. The molecule has 1 amide bonds. The van der Waals surface area contributed by atoms with Gasteiger partial charge < -0.3 is 25.0 Å². The van der Waals surface area contributed by atoms with E-state index in [2.05, 4.69) is 21.3 Å². The van der Waals surface area contributed by atoms with Gasteiger partial charge >= 0.3 is 11.9 Å².